The summed E-state index contributed by atoms with van der Waals surface area (Å²) in [4.78, 5) is 0. The van der Waals surface area contributed by atoms with E-state index in [4.69, 9.17) is 11.6 Å². The third kappa shape index (κ3) is 3.37. The van der Waals surface area contributed by atoms with E-state index in [1.165, 1.54) is 0 Å². The Labute approximate surface area is 148 Å². The van der Waals surface area contributed by atoms with Gasteiger partial charge in [0.15, 0.2) is 0 Å². The summed E-state index contributed by atoms with van der Waals surface area (Å²) in [5.74, 6) is 0.338. The van der Waals surface area contributed by atoms with Crippen molar-refractivity contribution in [3.63, 3.8) is 0 Å². The second-order valence-electron chi connectivity index (χ2n) is 7.21. The Morgan fingerprint density at radius 2 is 1.96 bits per heavy atom. The first-order valence-corrected chi connectivity index (χ1v) is 8.97. The van der Waals surface area contributed by atoms with Gasteiger partial charge in [0.05, 0.1) is 11.8 Å². The van der Waals surface area contributed by atoms with E-state index in [0.29, 0.717) is 17.6 Å². The Hall–Kier alpha value is -1.36. The van der Waals surface area contributed by atoms with Crippen LogP contribution >= 0.6 is 11.6 Å². The van der Waals surface area contributed by atoms with Crippen LogP contribution in [-0.4, -0.2) is 21.4 Å². The molecule has 1 saturated carbocycles. The molecule has 0 radical (unpaired) electrons. The molecule has 1 aromatic carbocycles. The van der Waals surface area contributed by atoms with Gasteiger partial charge in [0.2, 0.25) is 0 Å². The first-order valence-electron chi connectivity index (χ1n) is 8.59. The highest BCUT2D eigenvalue weighted by Crippen LogP contribution is 2.54. The quantitative estimate of drug-likeness (QED) is 0.801. The molecule has 0 bridgehead atoms. The maximum absolute atomic E-state index is 10.7. The van der Waals surface area contributed by atoms with Crippen LogP contribution < -0.4 is 5.32 Å². The summed E-state index contributed by atoms with van der Waals surface area (Å²) in [5.41, 5.74) is 3.07. The Kier molecular flexibility index (Phi) is 5.00. The molecule has 4 nitrogen and oxygen atoms in total. The second-order valence-corrected chi connectivity index (χ2v) is 7.57. The number of rotatable bonds is 7. The third-order valence-corrected chi connectivity index (χ3v) is 5.49. The fourth-order valence-electron chi connectivity index (χ4n) is 3.33. The number of nitrogens with one attached hydrogen (secondary N) is 1. The smallest absolute Gasteiger partial charge is 0.131 e. The number of nitrogens with zero attached hydrogens (tertiary/aromatic N) is 2. The minimum absolute atomic E-state index is 0.0476. The van der Waals surface area contributed by atoms with Crippen LogP contribution in [0.3, 0.4) is 0 Å². The van der Waals surface area contributed by atoms with Gasteiger partial charge in [0.1, 0.15) is 5.15 Å². The lowest BCUT2D eigenvalue weighted by Gasteiger charge is -2.23. The number of hydrogen-bond donors (Lipinski definition) is 2. The minimum Gasteiger partial charge on any atom is -0.388 e. The molecule has 1 atom stereocenters. The molecule has 1 heterocycles. The molecule has 0 spiro atoms. The summed E-state index contributed by atoms with van der Waals surface area (Å²) in [6.07, 6.45) is 1.68. The summed E-state index contributed by atoms with van der Waals surface area (Å²) in [6, 6.07) is 9.93. The van der Waals surface area contributed by atoms with Gasteiger partial charge in [-0.25, -0.2) is 0 Å². The van der Waals surface area contributed by atoms with Crippen LogP contribution in [0.2, 0.25) is 5.15 Å². The predicted octanol–water partition coefficient (Wildman–Crippen LogP) is 3.80. The second kappa shape index (κ2) is 6.87. The molecule has 3 rings (SSSR count). The van der Waals surface area contributed by atoms with Crippen molar-refractivity contribution in [2.24, 2.45) is 12.5 Å². The summed E-state index contributed by atoms with van der Waals surface area (Å²) < 4.78 is 1.74. The molecule has 1 aromatic heterocycles. The molecule has 1 fully saturated rings. The molecule has 0 saturated heterocycles. The van der Waals surface area contributed by atoms with Crippen LogP contribution in [0.5, 0.6) is 0 Å². The number of aliphatic hydroxyl groups is 1. The Morgan fingerprint density at radius 1 is 1.29 bits per heavy atom. The molecular formula is C19H26ClN3O. The molecule has 1 aliphatic carbocycles. The summed E-state index contributed by atoms with van der Waals surface area (Å²) in [5, 5.41) is 19.4. The molecule has 2 aromatic rings. The highest BCUT2D eigenvalue weighted by atomic mass is 35.5. The zero-order valence-corrected chi connectivity index (χ0v) is 15.3. The average molecular weight is 348 g/mol. The number of halogens is 1. The molecule has 5 heteroatoms. The van der Waals surface area contributed by atoms with E-state index in [2.05, 4.69) is 24.3 Å². The highest BCUT2D eigenvalue weighted by Gasteiger charge is 2.49. The van der Waals surface area contributed by atoms with Gasteiger partial charge in [-0.1, -0.05) is 55.8 Å². The number of benzene rings is 1. The van der Waals surface area contributed by atoms with Crippen molar-refractivity contribution < 1.29 is 5.11 Å². The van der Waals surface area contributed by atoms with Crippen LogP contribution in [0.1, 0.15) is 55.5 Å². The van der Waals surface area contributed by atoms with Crippen LogP contribution in [-0.2, 0) is 13.6 Å². The van der Waals surface area contributed by atoms with Gasteiger partial charge in [-0.15, -0.1) is 0 Å². The molecule has 0 amide bonds. The first kappa shape index (κ1) is 17.5. The highest BCUT2D eigenvalue weighted by molar-refractivity contribution is 6.30. The average Bonchev–Trinajstić information content (AvgIpc) is 3.31. The van der Waals surface area contributed by atoms with Crippen molar-refractivity contribution in [3.8, 4) is 0 Å². The van der Waals surface area contributed by atoms with E-state index in [0.717, 1.165) is 36.2 Å². The Bertz CT molecular complexity index is 692. The standard InChI is InChI=1S/C19H26ClN3O/c1-13(2)16-15(18(20)23(3)22-16)11-21-12-19(9-10-19)17(24)14-7-5-4-6-8-14/h4-8,13,17,21,24H,9-12H2,1-3H3. The lowest BCUT2D eigenvalue weighted by molar-refractivity contribution is 0.0917. The fourth-order valence-corrected chi connectivity index (χ4v) is 3.53. The normalized spacial score (nSPS) is 17.2. The van der Waals surface area contributed by atoms with Crippen LogP contribution in [0.25, 0.3) is 0 Å². The SMILES string of the molecule is CC(C)c1nn(C)c(Cl)c1CNCC1(C(O)c2ccccc2)CC1. The van der Waals surface area contributed by atoms with Crippen molar-refractivity contribution >= 4 is 11.6 Å². The lowest BCUT2D eigenvalue weighted by Crippen LogP contribution is -2.28. The molecule has 1 unspecified atom stereocenters. The van der Waals surface area contributed by atoms with Crippen LogP contribution in [0.15, 0.2) is 30.3 Å². The van der Waals surface area contributed by atoms with Gasteiger partial charge in [-0.05, 0) is 24.3 Å². The zero-order valence-electron chi connectivity index (χ0n) is 14.6. The summed E-state index contributed by atoms with van der Waals surface area (Å²) in [6.45, 7) is 5.72. The number of aromatic nitrogens is 2. The molecule has 0 aliphatic heterocycles. The van der Waals surface area contributed by atoms with Crippen molar-refractivity contribution in [2.45, 2.75) is 45.3 Å². The van der Waals surface area contributed by atoms with Crippen molar-refractivity contribution in [1.29, 1.82) is 0 Å². The Balaban J connectivity index is 1.65. The van der Waals surface area contributed by atoms with Crippen LogP contribution in [0, 0.1) is 5.41 Å². The van der Waals surface area contributed by atoms with Gasteiger partial charge in [0.25, 0.3) is 0 Å². The number of aryl methyl sites for hydroxylation is 1. The van der Waals surface area contributed by atoms with Crippen molar-refractivity contribution in [1.82, 2.24) is 15.1 Å². The predicted molar refractivity (Wildman–Crippen MR) is 97.1 cm³/mol. The summed E-state index contributed by atoms with van der Waals surface area (Å²) in [7, 11) is 1.87. The van der Waals surface area contributed by atoms with Crippen LogP contribution in [0.4, 0.5) is 0 Å². The maximum Gasteiger partial charge on any atom is 0.131 e. The van der Waals surface area contributed by atoms with E-state index >= 15 is 0 Å². The van der Waals surface area contributed by atoms with Gasteiger partial charge in [-0.3, -0.25) is 4.68 Å². The maximum atomic E-state index is 10.7. The first-order chi connectivity index (χ1) is 11.4. The molecule has 1 aliphatic rings. The minimum atomic E-state index is -0.417. The zero-order chi connectivity index (χ0) is 17.3. The number of hydrogen-bond acceptors (Lipinski definition) is 3. The third-order valence-electron chi connectivity index (χ3n) is 5.01. The van der Waals surface area contributed by atoms with E-state index in [1.54, 1.807) is 4.68 Å². The number of aliphatic hydroxyl groups excluding tert-OH is 1. The van der Waals surface area contributed by atoms with E-state index in [1.807, 2.05) is 37.4 Å². The lowest BCUT2D eigenvalue weighted by atomic mass is 9.92. The van der Waals surface area contributed by atoms with Gasteiger partial charge >= 0.3 is 0 Å². The monoisotopic (exact) mass is 347 g/mol. The van der Waals surface area contributed by atoms with E-state index < -0.39 is 6.10 Å². The van der Waals surface area contributed by atoms with E-state index in [-0.39, 0.29) is 5.41 Å². The molecule has 24 heavy (non-hydrogen) atoms. The molecular weight excluding hydrogens is 322 g/mol. The Morgan fingerprint density at radius 3 is 2.54 bits per heavy atom. The molecule has 2 N–H and O–H groups in total. The van der Waals surface area contributed by atoms with Gasteiger partial charge in [-0.2, -0.15) is 5.10 Å². The topological polar surface area (TPSA) is 50.1 Å². The van der Waals surface area contributed by atoms with Gasteiger partial charge < -0.3 is 10.4 Å². The largest absolute Gasteiger partial charge is 0.388 e. The van der Waals surface area contributed by atoms with E-state index in [9.17, 15) is 5.11 Å². The van der Waals surface area contributed by atoms with Crippen molar-refractivity contribution in [2.75, 3.05) is 6.54 Å². The van der Waals surface area contributed by atoms with Crippen molar-refractivity contribution in [3.05, 3.63) is 52.3 Å². The molecule has 130 valence electrons. The summed E-state index contributed by atoms with van der Waals surface area (Å²) >= 11 is 6.39. The fraction of sp³-hybridized carbons (Fsp3) is 0.526. The van der Waals surface area contributed by atoms with Gasteiger partial charge in [0, 0.05) is 31.1 Å².